The van der Waals surface area contributed by atoms with Gasteiger partial charge in [-0.1, -0.05) is 18.3 Å². The van der Waals surface area contributed by atoms with Crippen LogP contribution >= 0.6 is 28.3 Å². The van der Waals surface area contributed by atoms with Crippen LogP contribution in [0.3, 0.4) is 0 Å². The SMILES string of the molecule is CCSP(C)(=O)Cl. The zero-order valence-electron chi connectivity index (χ0n) is 4.35. The Morgan fingerprint density at radius 1 is 1.86 bits per heavy atom. The van der Waals surface area contributed by atoms with Crippen molar-refractivity contribution in [3.8, 4) is 0 Å². The van der Waals surface area contributed by atoms with E-state index in [-0.39, 0.29) is 0 Å². The molecule has 0 N–H and O–H groups in total. The van der Waals surface area contributed by atoms with Crippen LogP contribution in [0.15, 0.2) is 0 Å². The van der Waals surface area contributed by atoms with Gasteiger partial charge in [-0.05, 0) is 17.0 Å². The lowest BCUT2D eigenvalue weighted by atomic mass is 11.0. The molecule has 0 radical (unpaired) electrons. The summed E-state index contributed by atoms with van der Waals surface area (Å²) in [5.74, 6) is 0.831. The Balaban J connectivity index is 3.36. The van der Waals surface area contributed by atoms with Crippen LogP contribution in [0.1, 0.15) is 6.92 Å². The minimum Gasteiger partial charge on any atom is -0.295 e. The molecule has 0 amide bonds. The second-order valence-electron chi connectivity index (χ2n) is 1.16. The lowest BCUT2D eigenvalue weighted by molar-refractivity contribution is 0.596. The minimum absolute atomic E-state index is 0.831. The number of hydrogen-bond acceptors (Lipinski definition) is 2. The molecule has 44 valence electrons. The van der Waals surface area contributed by atoms with Crippen LogP contribution < -0.4 is 0 Å². The first-order chi connectivity index (χ1) is 3.06. The molecule has 0 aliphatic rings. The van der Waals surface area contributed by atoms with Gasteiger partial charge in [0, 0.05) is 6.66 Å². The van der Waals surface area contributed by atoms with Gasteiger partial charge in [-0.2, -0.15) is 0 Å². The van der Waals surface area contributed by atoms with E-state index >= 15 is 0 Å². The van der Waals surface area contributed by atoms with Crippen molar-refractivity contribution in [2.75, 3.05) is 12.4 Å². The molecule has 0 aliphatic heterocycles. The fourth-order valence-corrected chi connectivity index (χ4v) is 2.95. The average molecular weight is 159 g/mol. The zero-order valence-corrected chi connectivity index (χ0v) is 6.82. The molecule has 0 saturated carbocycles. The lowest BCUT2D eigenvalue weighted by Gasteiger charge is -1.96. The van der Waals surface area contributed by atoms with Gasteiger partial charge < -0.3 is 0 Å². The topological polar surface area (TPSA) is 17.1 Å². The second-order valence-corrected chi connectivity index (χ2v) is 8.90. The summed E-state index contributed by atoms with van der Waals surface area (Å²) in [5, 5.41) is 0. The summed E-state index contributed by atoms with van der Waals surface area (Å²) < 4.78 is 10.5. The van der Waals surface area contributed by atoms with Gasteiger partial charge in [0.05, 0.1) is 0 Å². The predicted molar refractivity (Wildman–Crippen MR) is 37.5 cm³/mol. The molecule has 1 nitrogen and oxygen atoms in total. The summed E-state index contributed by atoms with van der Waals surface area (Å²) >= 11 is 6.66. The zero-order chi connectivity index (χ0) is 5.91. The van der Waals surface area contributed by atoms with Gasteiger partial charge in [0.25, 0.3) is 0 Å². The van der Waals surface area contributed by atoms with E-state index in [0.29, 0.717) is 0 Å². The van der Waals surface area contributed by atoms with Gasteiger partial charge in [-0.3, -0.25) is 4.57 Å². The van der Waals surface area contributed by atoms with E-state index in [1.807, 2.05) is 6.92 Å². The predicted octanol–water partition coefficient (Wildman–Crippen LogP) is 2.80. The van der Waals surface area contributed by atoms with Crippen molar-refractivity contribution in [1.82, 2.24) is 0 Å². The maximum Gasteiger partial charge on any atom is 0.218 e. The molecule has 0 heterocycles. The smallest absolute Gasteiger partial charge is 0.218 e. The molecule has 0 aliphatic carbocycles. The monoisotopic (exact) mass is 158 g/mol. The Kier molecular flexibility index (Phi) is 3.38. The third-order valence-corrected chi connectivity index (χ3v) is 4.12. The van der Waals surface area contributed by atoms with Crippen LogP contribution in [0.5, 0.6) is 0 Å². The van der Waals surface area contributed by atoms with Crippen molar-refractivity contribution in [2.24, 2.45) is 0 Å². The fourth-order valence-electron chi connectivity index (χ4n) is 0.231. The molecule has 4 heteroatoms. The Bertz CT molecular complexity index is 88.9. The van der Waals surface area contributed by atoms with Gasteiger partial charge in [0.15, 0.2) is 0 Å². The summed E-state index contributed by atoms with van der Waals surface area (Å²) in [7, 11) is 0. The normalized spacial score (nSPS) is 18.7. The van der Waals surface area contributed by atoms with Crippen LogP contribution in [0.4, 0.5) is 0 Å². The van der Waals surface area contributed by atoms with Crippen molar-refractivity contribution in [1.29, 1.82) is 0 Å². The quantitative estimate of drug-likeness (QED) is 0.575. The molecule has 1 atom stereocenters. The Labute approximate surface area is 52.7 Å². The molecule has 0 spiro atoms. The van der Waals surface area contributed by atoms with E-state index in [1.54, 1.807) is 6.66 Å². The second kappa shape index (κ2) is 3.01. The molecular formula is C3H8ClOPS. The molecule has 7 heavy (non-hydrogen) atoms. The van der Waals surface area contributed by atoms with E-state index in [0.717, 1.165) is 5.75 Å². The Hall–Kier alpha value is 0.870. The molecule has 0 aromatic rings. The fraction of sp³-hybridized carbons (Fsp3) is 1.00. The highest BCUT2D eigenvalue weighted by Gasteiger charge is 2.06. The van der Waals surface area contributed by atoms with Crippen molar-refractivity contribution < 1.29 is 4.57 Å². The van der Waals surface area contributed by atoms with Crippen molar-refractivity contribution in [2.45, 2.75) is 6.92 Å². The molecule has 0 aromatic heterocycles. The van der Waals surface area contributed by atoms with Crippen LogP contribution in [0.2, 0.25) is 0 Å². The van der Waals surface area contributed by atoms with Crippen molar-refractivity contribution in [3.63, 3.8) is 0 Å². The van der Waals surface area contributed by atoms with Gasteiger partial charge in [0.2, 0.25) is 5.70 Å². The highest BCUT2D eigenvalue weighted by Crippen LogP contribution is 2.59. The van der Waals surface area contributed by atoms with E-state index in [2.05, 4.69) is 0 Å². The first-order valence-electron chi connectivity index (χ1n) is 1.98. The van der Waals surface area contributed by atoms with Gasteiger partial charge >= 0.3 is 0 Å². The van der Waals surface area contributed by atoms with E-state index in [9.17, 15) is 4.57 Å². The third kappa shape index (κ3) is 6.87. The van der Waals surface area contributed by atoms with Crippen molar-refractivity contribution >= 4 is 28.3 Å². The Morgan fingerprint density at radius 2 is 2.29 bits per heavy atom. The van der Waals surface area contributed by atoms with Crippen LogP contribution in [0, 0.1) is 0 Å². The summed E-state index contributed by atoms with van der Waals surface area (Å²) in [6.07, 6.45) is 0. The van der Waals surface area contributed by atoms with Crippen molar-refractivity contribution in [3.05, 3.63) is 0 Å². The Morgan fingerprint density at radius 3 is 2.29 bits per heavy atom. The number of halogens is 1. The summed E-state index contributed by atoms with van der Waals surface area (Å²) in [4.78, 5) is 0. The molecule has 0 aromatic carbocycles. The number of rotatable bonds is 2. The molecular weight excluding hydrogens is 151 g/mol. The first-order valence-corrected chi connectivity index (χ1v) is 6.63. The average Bonchev–Trinajstić information content (AvgIpc) is 1.30. The summed E-state index contributed by atoms with van der Waals surface area (Å²) in [5.41, 5.74) is -2.28. The van der Waals surface area contributed by atoms with E-state index in [1.165, 1.54) is 11.4 Å². The van der Waals surface area contributed by atoms with Crippen LogP contribution in [-0.4, -0.2) is 12.4 Å². The molecule has 1 unspecified atom stereocenters. The van der Waals surface area contributed by atoms with Gasteiger partial charge in [-0.25, -0.2) is 0 Å². The van der Waals surface area contributed by atoms with Gasteiger partial charge in [0.1, 0.15) is 0 Å². The van der Waals surface area contributed by atoms with Gasteiger partial charge in [-0.15, -0.1) is 0 Å². The van der Waals surface area contributed by atoms with E-state index < -0.39 is 5.70 Å². The lowest BCUT2D eigenvalue weighted by Crippen LogP contribution is -1.60. The van der Waals surface area contributed by atoms with E-state index in [4.69, 9.17) is 11.2 Å². The maximum atomic E-state index is 10.5. The number of hydrogen-bond donors (Lipinski definition) is 0. The highest BCUT2D eigenvalue weighted by molar-refractivity contribution is 8.65. The summed E-state index contributed by atoms with van der Waals surface area (Å²) in [6, 6.07) is 0. The largest absolute Gasteiger partial charge is 0.295 e. The third-order valence-electron chi connectivity index (χ3n) is 0.360. The molecule has 0 fully saturated rings. The first kappa shape index (κ1) is 7.87. The van der Waals surface area contributed by atoms with Crippen LogP contribution in [-0.2, 0) is 4.57 Å². The summed E-state index contributed by atoms with van der Waals surface area (Å²) in [6.45, 7) is 3.49. The standard InChI is InChI=1S/C3H8ClOPS/c1-3-7-6(2,4)5/h3H2,1-2H3. The highest BCUT2D eigenvalue weighted by atomic mass is 35.7. The maximum absolute atomic E-state index is 10.5. The molecule has 0 saturated heterocycles. The minimum atomic E-state index is -2.28. The van der Waals surface area contributed by atoms with Crippen LogP contribution in [0.25, 0.3) is 0 Å². The molecule has 0 rings (SSSR count). The molecule has 0 bridgehead atoms.